The highest BCUT2D eigenvalue weighted by Gasteiger charge is 2.40. The second kappa shape index (κ2) is 6.19. The Kier molecular flexibility index (Phi) is 4.58. The summed E-state index contributed by atoms with van der Waals surface area (Å²) in [5.74, 6) is -1.39. The van der Waals surface area contributed by atoms with E-state index in [-0.39, 0.29) is 24.5 Å². The second-order valence-corrected chi connectivity index (χ2v) is 5.16. The zero-order valence-electron chi connectivity index (χ0n) is 11.2. The zero-order valence-corrected chi connectivity index (χ0v) is 11.2. The van der Waals surface area contributed by atoms with E-state index in [1.165, 1.54) is 0 Å². The number of hydrogen-bond acceptors (Lipinski definition) is 3. The number of amides is 1. The lowest BCUT2D eigenvalue weighted by Crippen LogP contribution is -2.48. The van der Waals surface area contributed by atoms with Gasteiger partial charge in [0.05, 0.1) is 19.3 Å². The number of carboxylic acid groups (broad SMARTS) is 1. The van der Waals surface area contributed by atoms with E-state index in [2.05, 4.69) is 6.08 Å². The first-order valence-electron chi connectivity index (χ1n) is 6.91. The maximum absolute atomic E-state index is 12.5. The van der Waals surface area contributed by atoms with E-state index in [9.17, 15) is 14.7 Å². The van der Waals surface area contributed by atoms with Crippen molar-refractivity contribution >= 4 is 11.9 Å². The lowest BCUT2D eigenvalue weighted by Gasteiger charge is -2.33. The van der Waals surface area contributed by atoms with E-state index < -0.39 is 11.9 Å². The van der Waals surface area contributed by atoms with Crippen molar-refractivity contribution < 1.29 is 19.4 Å². The Bertz CT molecular complexity index is 380. The Hall–Kier alpha value is -1.36. The smallest absolute Gasteiger partial charge is 0.311 e. The summed E-state index contributed by atoms with van der Waals surface area (Å²) < 4.78 is 5.26. The molecule has 0 bridgehead atoms. The van der Waals surface area contributed by atoms with Crippen LogP contribution in [-0.2, 0) is 14.3 Å². The van der Waals surface area contributed by atoms with Crippen molar-refractivity contribution in [3.8, 4) is 0 Å². The number of carboxylic acids is 1. The van der Waals surface area contributed by atoms with Gasteiger partial charge in [-0.1, -0.05) is 12.2 Å². The summed E-state index contributed by atoms with van der Waals surface area (Å²) in [7, 11) is 0. The highest BCUT2D eigenvalue weighted by molar-refractivity contribution is 5.81. The average molecular weight is 267 g/mol. The van der Waals surface area contributed by atoms with Crippen LogP contribution in [0.2, 0.25) is 0 Å². The molecule has 19 heavy (non-hydrogen) atoms. The average Bonchev–Trinajstić information content (AvgIpc) is 2.90. The van der Waals surface area contributed by atoms with Gasteiger partial charge in [-0.3, -0.25) is 9.59 Å². The van der Waals surface area contributed by atoms with Crippen LogP contribution in [0.15, 0.2) is 12.2 Å². The molecule has 1 heterocycles. The van der Waals surface area contributed by atoms with Crippen LogP contribution in [0.25, 0.3) is 0 Å². The number of nitrogens with zero attached hydrogens (tertiary/aromatic N) is 1. The minimum atomic E-state index is -0.878. The standard InChI is InChI=1S/C14H21NO4/c1-2-15(12-9-19-8-11(12)14(17)18)13(16)10-6-4-3-5-7-10/h3-4,10-12H,2,5-9H2,1H3,(H,17,18). The lowest BCUT2D eigenvalue weighted by molar-refractivity contribution is -0.146. The summed E-state index contributed by atoms with van der Waals surface area (Å²) in [4.78, 5) is 25.4. The van der Waals surface area contributed by atoms with Gasteiger partial charge < -0.3 is 14.7 Å². The van der Waals surface area contributed by atoms with Crippen molar-refractivity contribution in [2.45, 2.75) is 32.2 Å². The topological polar surface area (TPSA) is 66.8 Å². The molecule has 0 aromatic rings. The first kappa shape index (κ1) is 14.1. The molecule has 2 rings (SSSR count). The van der Waals surface area contributed by atoms with Crippen LogP contribution in [0.1, 0.15) is 26.2 Å². The molecule has 1 amide bonds. The van der Waals surface area contributed by atoms with Crippen LogP contribution in [0, 0.1) is 11.8 Å². The predicted molar refractivity (Wildman–Crippen MR) is 69.6 cm³/mol. The number of likely N-dealkylation sites (N-methyl/N-ethyl adjacent to an activating group) is 1. The van der Waals surface area contributed by atoms with E-state index in [0.717, 1.165) is 19.3 Å². The van der Waals surface area contributed by atoms with Gasteiger partial charge in [-0.05, 0) is 26.2 Å². The Morgan fingerprint density at radius 1 is 1.37 bits per heavy atom. The molecule has 3 atom stereocenters. The molecule has 2 aliphatic rings. The van der Waals surface area contributed by atoms with E-state index in [0.29, 0.717) is 13.2 Å². The van der Waals surface area contributed by atoms with Crippen molar-refractivity contribution in [3.63, 3.8) is 0 Å². The monoisotopic (exact) mass is 267 g/mol. The molecule has 5 nitrogen and oxygen atoms in total. The number of aliphatic carboxylic acids is 1. The molecule has 0 aromatic carbocycles. The SMILES string of the molecule is CCN(C(=O)C1CC=CCC1)C1COCC1C(=O)O. The van der Waals surface area contributed by atoms with Crippen LogP contribution in [0.5, 0.6) is 0 Å². The molecule has 1 N–H and O–H groups in total. The number of allylic oxidation sites excluding steroid dienone is 2. The fourth-order valence-electron chi connectivity index (χ4n) is 2.89. The molecule has 1 aliphatic carbocycles. The number of carbonyl (C=O) groups excluding carboxylic acids is 1. The lowest BCUT2D eigenvalue weighted by atomic mass is 9.91. The predicted octanol–water partition coefficient (Wildman–Crippen LogP) is 1.29. The molecule has 0 spiro atoms. The summed E-state index contributed by atoms with van der Waals surface area (Å²) in [6.45, 7) is 2.97. The van der Waals surface area contributed by atoms with Crippen molar-refractivity contribution in [3.05, 3.63) is 12.2 Å². The van der Waals surface area contributed by atoms with Gasteiger partial charge >= 0.3 is 5.97 Å². The Morgan fingerprint density at radius 3 is 2.74 bits per heavy atom. The number of hydrogen-bond donors (Lipinski definition) is 1. The van der Waals surface area contributed by atoms with E-state index in [1.807, 2.05) is 13.0 Å². The fourth-order valence-corrected chi connectivity index (χ4v) is 2.89. The second-order valence-electron chi connectivity index (χ2n) is 5.16. The van der Waals surface area contributed by atoms with Gasteiger partial charge in [0.2, 0.25) is 5.91 Å². The highest BCUT2D eigenvalue weighted by atomic mass is 16.5. The Labute approximate surface area is 113 Å². The van der Waals surface area contributed by atoms with Crippen LogP contribution in [0.4, 0.5) is 0 Å². The minimum absolute atomic E-state index is 0.00000472. The summed E-state index contributed by atoms with van der Waals surface area (Å²) in [6.07, 6.45) is 6.69. The Balaban J connectivity index is 2.08. The molecule has 0 saturated carbocycles. The van der Waals surface area contributed by atoms with Crippen LogP contribution >= 0.6 is 0 Å². The van der Waals surface area contributed by atoms with Crippen molar-refractivity contribution in [2.75, 3.05) is 19.8 Å². The summed E-state index contributed by atoms with van der Waals surface area (Å²) in [6, 6.07) is -0.319. The zero-order chi connectivity index (χ0) is 13.8. The van der Waals surface area contributed by atoms with Crippen LogP contribution in [0.3, 0.4) is 0 Å². The Morgan fingerprint density at radius 2 is 2.16 bits per heavy atom. The molecule has 1 saturated heterocycles. The maximum Gasteiger partial charge on any atom is 0.311 e. The third kappa shape index (κ3) is 2.97. The molecular weight excluding hydrogens is 246 g/mol. The summed E-state index contributed by atoms with van der Waals surface area (Å²) >= 11 is 0. The van der Waals surface area contributed by atoms with Gasteiger partial charge in [-0.15, -0.1) is 0 Å². The van der Waals surface area contributed by atoms with E-state index in [4.69, 9.17) is 4.74 Å². The number of ether oxygens (including phenoxy) is 1. The molecule has 5 heteroatoms. The third-order valence-electron chi connectivity index (χ3n) is 4.01. The third-order valence-corrected chi connectivity index (χ3v) is 4.01. The normalized spacial score (nSPS) is 30.3. The van der Waals surface area contributed by atoms with Gasteiger partial charge in [0.15, 0.2) is 0 Å². The van der Waals surface area contributed by atoms with Crippen LogP contribution < -0.4 is 0 Å². The molecule has 106 valence electrons. The van der Waals surface area contributed by atoms with E-state index >= 15 is 0 Å². The minimum Gasteiger partial charge on any atom is -0.481 e. The van der Waals surface area contributed by atoms with Gasteiger partial charge in [-0.25, -0.2) is 0 Å². The summed E-state index contributed by atoms with van der Waals surface area (Å²) in [5, 5.41) is 9.19. The number of rotatable bonds is 4. The van der Waals surface area contributed by atoms with Crippen LogP contribution in [-0.4, -0.2) is 47.7 Å². The first-order chi connectivity index (χ1) is 9.15. The quantitative estimate of drug-likeness (QED) is 0.779. The van der Waals surface area contributed by atoms with Gasteiger partial charge in [0, 0.05) is 12.5 Å². The number of carbonyl (C=O) groups is 2. The van der Waals surface area contributed by atoms with Crippen molar-refractivity contribution in [2.24, 2.45) is 11.8 Å². The molecule has 1 fully saturated rings. The van der Waals surface area contributed by atoms with Gasteiger partial charge in [0.25, 0.3) is 0 Å². The fraction of sp³-hybridized carbons (Fsp3) is 0.714. The molecular formula is C14H21NO4. The maximum atomic E-state index is 12.5. The highest BCUT2D eigenvalue weighted by Crippen LogP contribution is 2.26. The molecule has 3 unspecified atom stereocenters. The molecule has 1 aliphatic heterocycles. The van der Waals surface area contributed by atoms with Crippen molar-refractivity contribution in [1.82, 2.24) is 4.90 Å². The van der Waals surface area contributed by atoms with E-state index in [1.54, 1.807) is 4.90 Å². The molecule has 0 radical (unpaired) electrons. The molecule has 0 aromatic heterocycles. The largest absolute Gasteiger partial charge is 0.481 e. The summed E-state index contributed by atoms with van der Waals surface area (Å²) in [5.41, 5.74) is 0. The van der Waals surface area contributed by atoms with Gasteiger partial charge in [0.1, 0.15) is 5.92 Å². The van der Waals surface area contributed by atoms with Gasteiger partial charge in [-0.2, -0.15) is 0 Å². The van der Waals surface area contributed by atoms with Crippen molar-refractivity contribution in [1.29, 1.82) is 0 Å². The first-order valence-corrected chi connectivity index (χ1v) is 6.91.